The predicted molar refractivity (Wildman–Crippen MR) is 101 cm³/mol. The molecule has 0 bridgehead atoms. The monoisotopic (exact) mass is 374 g/mol. The summed E-state index contributed by atoms with van der Waals surface area (Å²) in [5.41, 5.74) is 4.04. The van der Waals surface area contributed by atoms with Gasteiger partial charge < -0.3 is 14.6 Å². The fraction of sp³-hybridized carbons (Fsp3) is 0.381. The van der Waals surface area contributed by atoms with E-state index in [4.69, 9.17) is 26.2 Å². The van der Waals surface area contributed by atoms with Crippen molar-refractivity contribution in [3.05, 3.63) is 57.6 Å². The maximum atomic E-state index is 10.7. The lowest BCUT2D eigenvalue weighted by atomic mass is 9.99. The van der Waals surface area contributed by atoms with Crippen LogP contribution in [0.15, 0.2) is 30.3 Å². The second-order valence-electron chi connectivity index (χ2n) is 7.39. The van der Waals surface area contributed by atoms with E-state index in [-0.39, 0.29) is 12.0 Å². The SMILES string of the molecule is Cc1cc(COc2ccc(CCC(=O)O)c(Cl)c2)c2c(c1)CC(C)(C)O2. The van der Waals surface area contributed by atoms with Crippen LogP contribution < -0.4 is 9.47 Å². The van der Waals surface area contributed by atoms with Gasteiger partial charge in [-0.2, -0.15) is 0 Å². The van der Waals surface area contributed by atoms with Crippen LogP contribution in [0.1, 0.15) is 42.5 Å². The van der Waals surface area contributed by atoms with Crippen LogP contribution in [0, 0.1) is 6.92 Å². The van der Waals surface area contributed by atoms with Crippen molar-refractivity contribution >= 4 is 17.6 Å². The normalized spacial score (nSPS) is 14.6. The molecule has 138 valence electrons. The summed E-state index contributed by atoms with van der Waals surface area (Å²) in [5, 5.41) is 9.31. The highest BCUT2D eigenvalue weighted by molar-refractivity contribution is 6.31. The van der Waals surface area contributed by atoms with Crippen LogP contribution in [0.3, 0.4) is 0 Å². The highest BCUT2D eigenvalue weighted by Gasteiger charge is 2.32. The first-order chi connectivity index (χ1) is 12.2. The molecule has 1 aliphatic rings. The van der Waals surface area contributed by atoms with Crippen molar-refractivity contribution in [2.75, 3.05) is 0 Å². The van der Waals surface area contributed by atoms with Crippen LogP contribution >= 0.6 is 11.6 Å². The molecule has 3 rings (SSSR count). The van der Waals surface area contributed by atoms with E-state index >= 15 is 0 Å². The number of carbonyl (C=O) groups is 1. The molecular formula is C21H23ClO4. The Bertz CT molecular complexity index is 842. The molecule has 0 fully saturated rings. The number of carboxylic acids is 1. The zero-order valence-electron chi connectivity index (χ0n) is 15.3. The molecule has 0 amide bonds. The largest absolute Gasteiger partial charge is 0.489 e. The van der Waals surface area contributed by atoms with E-state index in [9.17, 15) is 4.79 Å². The Morgan fingerprint density at radius 3 is 2.73 bits per heavy atom. The van der Waals surface area contributed by atoms with Crippen molar-refractivity contribution in [3.63, 3.8) is 0 Å². The molecule has 0 saturated heterocycles. The lowest BCUT2D eigenvalue weighted by Gasteiger charge is -2.18. The number of halogens is 1. The number of ether oxygens (including phenoxy) is 2. The lowest BCUT2D eigenvalue weighted by molar-refractivity contribution is -0.136. The van der Waals surface area contributed by atoms with Crippen LogP contribution in [-0.2, 0) is 24.2 Å². The minimum Gasteiger partial charge on any atom is -0.489 e. The molecule has 0 spiro atoms. The van der Waals surface area contributed by atoms with Gasteiger partial charge in [0.25, 0.3) is 0 Å². The zero-order chi connectivity index (χ0) is 18.9. The van der Waals surface area contributed by atoms with Crippen LogP contribution in [0.5, 0.6) is 11.5 Å². The van der Waals surface area contributed by atoms with Crippen LogP contribution in [0.25, 0.3) is 0 Å². The first kappa shape index (κ1) is 18.6. The van der Waals surface area contributed by atoms with E-state index in [1.807, 2.05) is 12.1 Å². The molecule has 5 heteroatoms. The smallest absolute Gasteiger partial charge is 0.303 e. The van der Waals surface area contributed by atoms with Gasteiger partial charge in [0.15, 0.2) is 0 Å². The summed E-state index contributed by atoms with van der Waals surface area (Å²) >= 11 is 6.25. The van der Waals surface area contributed by atoms with Crippen LogP contribution in [-0.4, -0.2) is 16.7 Å². The maximum Gasteiger partial charge on any atom is 0.303 e. The van der Waals surface area contributed by atoms with Gasteiger partial charge in [-0.3, -0.25) is 4.79 Å². The molecule has 26 heavy (non-hydrogen) atoms. The van der Waals surface area contributed by atoms with Crippen molar-refractivity contribution in [3.8, 4) is 11.5 Å². The standard InChI is InChI=1S/C21H23ClO4/c1-13-8-15-11-21(2,3)26-20(15)16(9-13)12-25-17-6-4-14(18(22)10-17)5-7-19(23)24/h4,6,8-10H,5,7,11-12H2,1-3H3,(H,23,24). The molecule has 1 aliphatic heterocycles. The summed E-state index contributed by atoms with van der Waals surface area (Å²) in [6.45, 7) is 6.64. The van der Waals surface area contributed by atoms with Crippen molar-refractivity contribution in [1.82, 2.24) is 0 Å². The number of aliphatic carboxylic acids is 1. The number of carboxylic acid groups (broad SMARTS) is 1. The van der Waals surface area contributed by atoms with Gasteiger partial charge in [0.05, 0.1) is 0 Å². The molecular weight excluding hydrogens is 352 g/mol. The van der Waals surface area contributed by atoms with E-state index in [0.29, 0.717) is 23.8 Å². The number of rotatable bonds is 6. The average molecular weight is 375 g/mol. The number of aryl methyl sites for hydroxylation is 2. The van der Waals surface area contributed by atoms with Crippen molar-refractivity contribution < 1.29 is 19.4 Å². The second-order valence-corrected chi connectivity index (χ2v) is 7.79. The molecule has 0 unspecified atom stereocenters. The molecule has 0 atom stereocenters. The number of benzene rings is 2. The highest BCUT2D eigenvalue weighted by atomic mass is 35.5. The van der Waals surface area contributed by atoms with Crippen molar-refractivity contribution in [1.29, 1.82) is 0 Å². The summed E-state index contributed by atoms with van der Waals surface area (Å²) in [5.74, 6) is 0.740. The molecule has 0 aliphatic carbocycles. The molecule has 1 heterocycles. The predicted octanol–water partition coefficient (Wildman–Crippen LogP) is 4.96. The van der Waals surface area contributed by atoms with Gasteiger partial charge in [-0.05, 0) is 56.5 Å². The topological polar surface area (TPSA) is 55.8 Å². The minimum absolute atomic E-state index is 0.0580. The van der Waals surface area contributed by atoms with E-state index in [2.05, 4.69) is 32.9 Å². The molecule has 0 radical (unpaired) electrons. The number of hydrogen-bond acceptors (Lipinski definition) is 3. The van der Waals surface area contributed by atoms with E-state index in [1.165, 1.54) is 11.1 Å². The molecule has 2 aromatic carbocycles. The van der Waals surface area contributed by atoms with Gasteiger partial charge in [0.2, 0.25) is 0 Å². The third-order valence-electron chi connectivity index (χ3n) is 4.41. The van der Waals surface area contributed by atoms with E-state index in [0.717, 1.165) is 23.3 Å². The van der Waals surface area contributed by atoms with E-state index in [1.54, 1.807) is 6.07 Å². The Labute approximate surface area is 158 Å². The van der Waals surface area contributed by atoms with Gasteiger partial charge in [-0.1, -0.05) is 29.3 Å². The van der Waals surface area contributed by atoms with Gasteiger partial charge in [-0.25, -0.2) is 0 Å². The van der Waals surface area contributed by atoms with Gasteiger partial charge in [-0.15, -0.1) is 0 Å². The molecule has 4 nitrogen and oxygen atoms in total. The lowest BCUT2D eigenvalue weighted by Crippen LogP contribution is -2.25. The summed E-state index contributed by atoms with van der Waals surface area (Å²) in [7, 11) is 0. The van der Waals surface area contributed by atoms with Gasteiger partial charge in [0.1, 0.15) is 23.7 Å². The zero-order valence-corrected chi connectivity index (χ0v) is 16.0. The maximum absolute atomic E-state index is 10.7. The number of hydrogen-bond donors (Lipinski definition) is 1. The van der Waals surface area contributed by atoms with Crippen LogP contribution in [0.2, 0.25) is 5.02 Å². The summed E-state index contributed by atoms with van der Waals surface area (Å²) in [6, 6.07) is 9.63. The van der Waals surface area contributed by atoms with Gasteiger partial charge in [0, 0.05) is 23.4 Å². The Balaban J connectivity index is 1.72. The summed E-state index contributed by atoms with van der Waals surface area (Å²) in [4.78, 5) is 10.7. The molecule has 0 saturated carbocycles. The third kappa shape index (κ3) is 4.31. The Hall–Kier alpha value is -2.20. The summed E-state index contributed by atoms with van der Waals surface area (Å²) < 4.78 is 12.0. The van der Waals surface area contributed by atoms with E-state index < -0.39 is 5.97 Å². The molecule has 1 N–H and O–H groups in total. The van der Waals surface area contributed by atoms with Crippen molar-refractivity contribution in [2.45, 2.75) is 52.2 Å². The average Bonchev–Trinajstić information content (AvgIpc) is 2.85. The Kier molecular flexibility index (Phi) is 5.15. The Morgan fingerprint density at radius 2 is 2.04 bits per heavy atom. The number of fused-ring (bicyclic) bond motifs is 1. The molecule has 2 aromatic rings. The first-order valence-corrected chi connectivity index (χ1v) is 9.06. The highest BCUT2D eigenvalue weighted by Crippen LogP contribution is 2.39. The fourth-order valence-corrected chi connectivity index (χ4v) is 3.56. The Morgan fingerprint density at radius 1 is 1.27 bits per heavy atom. The van der Waals surface area contributed by atoms with Crippen LogP contribution in [0.4, 0.5) is 0 Å². The molecule has 0 aromatic heterocycles. The second kappa shape index (κ2) is 7.20. The van der Waals surface area contributed by atoms with Gasteiger partial charge >= 0.3 is 5.97 Å². The minimum atomic E-state index is -0.836. The third-order valence-corrected chi connectivity index (χ3v) is 4.76. The van der Waals surface area contributed by atoms with Crippen molar-refractivity contribution in [2.24, 2.45) is 0 Å². The fourth-order valence-electron chi connectivity index (χ4n) is 3.29. The quantitative estimate of drug-likeness (QED) is 0.776. The first-order valence-electron chi connectivity index (χ1n) is 8.68. The summed E-state index contributed by atoms with van der Waals surface area (Å²) in [6.07, 6.45) is 1.35.